The van der Waals surface area contributed by atoms with Crippen molar-refractivity contribution in [2.75, 3.05) is 18.1 Å². The number of aromatic nitrogens is 4. The first-order chi connectivity index (χ1) is 17.3. The van der Waals surface area contributed by atoms with Gasteiger partial charge < -0.3 is 20.4 Å². The van der Waals surface area contributed by atoms with Crippen LogP contribution >= 0.6 is 23.5 Å². The Bertz CT molecular complexity index is 1280. The molecule has 1 fully saturated rings. The Balaban J connectivity index is 1.51. The van der Waals surface area contributed by atoms with E-state index in [2.05, 4.69) is 32.6 Å². The number of carbonyl (C=O) groups excluding carboxylic acids is 2. The van der Waals surface area contributed by atoms with E-state index in [9.17, 15) is 24.6 Å². The fourth-order valence-corrected chi connectivity index (χ4v) is 5.87. The van der Waals surface area contributed by atoms with Crippen molar-refractivity contribution >= 4 is 47.0 Å². The van der Waals surface area contributed by atoms with Gasteiger partial charge in [-0.3, -0.25) is 14.5 Å². The smallest absolute Gasteiger partial charge is 0.352 e. The van der Waals surface area contributed by atoms with E-state index in [0.717, 1.165) is 0 Å². The largest absolute Gasteiger partial charge is 0.508 e. The van der Waals surface area contributed by atoms with Gasteiger partial charge in [-0.1, -0.05) is 41.7 Å². The molecule has 2 aliphatic heterocycles. The van der Waals surface area contributed by atoms with Crippen LogP contribution in [-0.2, 0) is 26.3 Å². The number of nitrogens with one attached hydrogen (secondary N) is 1. The lowest BCUT2D eigenvalue weighted by Gasteiger charge is -2.49. The van der Waals surface area contributed by atoms with Crippen LogP contribution in [0.1, 0.15) is 5.56 Å². The molecule has 13 nitrogen and oxygen atoms in total. The van der Waals surface area contributed by atoms with Crippen LogP contribution in [0.15, 0.2) is 58.5 Å². The summed E-state index contributed by atoms with van der Waals surface area (Å²) < 4.78 is 1.47. The van der Waals surface area contributed by atoms with Crippen molar-refractivity contribution in [2.45, 2.75) is 16.6 Å². The summed E-state index contributed by atoms with van der Waals surface area (Å²) in [4.78, 5) is 44.4. The van der Waals surface area contributed by atoms with E-state index < -0.39 is 29.2 Å². The van der Waals surface area contributed by atoms with Crippen LogP contribution < -0.4 is 5.32 Å². The van der Waals surface area contributed by atoms with Crippen molar-refractivity contribution in [3.63, 3.8) is 0 Å². The number of nitrogens with zero attached hydrogens (tertiary/aromatic N) is 6. The maximum absolute atomic E-state index is 13.1. The number of aryl methyl sites for hydroxylation is 1. The number of oxime groups is 1. The van der Waals surface area contributed by atoms with Gasteiger partial charge >= 0.3 is 5.97 Å². The molecule has 15 heteroatoms. The summed E-state index contributed by atoms with van der Waals surface area (Å²) in [5, 5.41) is 37.2. The van der Waals surface area contributed by atoms with Crippen molar-refractivity contribution in [2.24, 2.45) is 12.2 Å². The Hall–Kier alpha value is -3.85. The number of carbonyl (C=O) groups is 3. The van der Waals surface area contributed by atoms with E-state index >= 15 is 0 Å². The standard InChI is InChI=1S/C21H21N7O6S2/c1-3-7-34-24-14(11-5-4-6-13(29)8-11)17(30)22-15-18(31)28-16(20(32)33)12(9-35-19(15)28)10-36-21-23-25-26-27(21)2/h3-6,8,15,19,29H,1,7,9-10H2,2H3,(H,22,30)(H,32,33)/t15?,19-/m0/s1. The zero-order valence-electron chi connectivity index (χ0n) is 18.9. The molecule has 4 rings (SSSR count). The van der Waals surface area contributed by atoms with Gasteiger partial charge in [0.2, 0.25) is 5.16 Å². The van der Waals surface area contributed by atoms with Gasteiger partial charge in [0, 0.05) is 24.1 Å². The highest BCUT2D eigenvalue weighted by Gasteiger charge is 2.54. The lowest BCUT2D eigenvalue weighted by molar-refractivity contribution is -0.150. The Morgan fingerprint density at radius 2 is 2.25 bits per heavy atom. The number of fused-ring (bicyclic) bond motifs is 1. The number of hydrogen-bond donors (Lipinski definition) is 3. The number of thioether (sulfide) groups is 2. The normalized spacial score (nSPS) is 19.4. The summed E-state index contributed by atoms with van der Waals surface area (Å²) in [5.74, 6) is -1.94. The summed E-state index contributed by atoms with van der Waals surface area (Å²) in [5.41, 5.74) is 0.575. The van der Waals surface area contributed by atoms with Crippen molar-refractivity contribution < 1.29 is 29.4 Å². The number of amides is 2. The van der Waals surface area contributed by atoms with Crippen LogP contribution in [0.5, 0.6) is 5.75 Å². The van der Waals surface area contributed by atoms with Crippen LogP contribution in [-0.4, -0.2) is 88.3 Å². The second-order valence-corrected chi connectivity index (χ2v) is 9.61. The second-order valence-electron chi connectivity index (χ2n) is 7.57. The third-order valence-corrected chi connectivity index (χ3v) is 7.61. The molecule has 0 spiro atoms. The van der Waals surface area contributed by atoms with Gasteiger partial charge in [0.15, 0.2) is 5.71 Å². The number of carboxylic acids is 1. The molecule has 1 saturated heterocycles. The SMILES string of the molecule is C=CCON=C(C(=O)NC1C(=O)N2C(C(=O)O)=C(CSc3nnnn3C)CS[C@@H]12)c1cccc(O)c1. The maximum atomic E-state index is 13.1. The fourth-order valence-electron chi connectivity index (χ4n) is 3.53. The number of benzene rings is 1. The Labute approximate surface area is 213 Å². The molecular weight excluding hydrogens is 510 g/mol. The molecule has 1 aromatic carbocycles. The zero-order chi connectivity index (χ0) is 25.8. The van der Waals surface area contributed by atoms with Crippen molar-refractivity contribution in [3.8, 4) is 5.75 Å². The first-order valence-corrected chi connectivity index (χ1v) is 12.5. The molecule has 2 aliphatic rings. The summed E-state index contributed by atoms with van der Waals surface area (Å²) in [6.07, 6.45) is 1.45. The topological polar surface area (TPSA) is 172 Å². The minimum absolute atomic E-state index is 0.0438. The van der Waals surface area contributed by atoms with E-state index in [4.69, 9.17) is 4.84 Å². The third kappa shape index (κ3) is 5.06. The third-order valence-electron chi connectivity index (χ3n) is 5.18. The number of aliphatic carboxylic acids is 1. The molecule has 3 N–H and O–H groups in total. The highest BCUT2D eigenvalue weighted by molar-refractivity contribution is 8.01. The van der Waals surface area contributed by atoms with E-state index in [0.29, 0.717) is 16.5 Å². The van der Waals surface area contributed by atoms with Crippen molar-refractivity contribution in [3.05, 3.63) is 53.8 Å². The Kier molecular flexibility index (Phi) is 7.59. The summed E-state index contributed by atoms with van der Waals surface area (Å²) in [7, 11) is 1.67. The van der Waals surface area contributed by atoms with Crippen LogP contribution in [0.3, 0.4) is 0 Å². The van der Waals surface area contributed by atoms with Gasteiger partial charge in [0.05, 0.1) is 0 Å². The van der Waals surface area contributed by atoms with Gasteiger partial charge in [-0.15, -0.1) is 16.9 Å². The molecule has 2 atom stereocenters. The number of rotatable bonds is 10. The highest BCUT2D eigenvalue weighted by Crippen LogP contribution is 2.41. The molecule has 36 heavy (non-hydrogen) atoms. The first-order valence-electron chi connectivity index (χ1n) is 10.5. The number of β-lactam (4-membered cyclic amide) rings is 1. The molecule has 1 aromatic heterocycles. The minimum Gasteiger partial charge on any atom is -0.508 e. The Morgan fingerprint density at radius 3 is 2.92 bits per heavy atom. The molecule has 0 aliphatic carbocycles. The van der Waals surface area contributed by atoms with E-state index in [-0.39, 0.29) is 35.1 Å². The number of hydrogen-bond acceptors (Lipinski definition) is 11. The van der Waals surface area contributed by atoms with Crippen LogP contribution in [0.2, 0.25) is 0 Å². The first kappa shape index (κ1) is 25.2. The van der Waals surface area contributed by atoms with E-state index in [1.807, 2.05) is 0 Å². The average molecular weight is 532 g/mol. The van der Waals surface area contributed by atoms with Gasteiger partial charge in [0.1, 0.15) is 29.5 Å². The molecule has 0 saturated carbocycles. The van der Waals surface area contributed by atoms with Crippen molar-refractivity contribution in [1.29, 1.82) is 0 Å². The predicted molar refractivity (Wildman–Crippen MR) is 130 cm³/mol. The molecule has 188 valence electrons. The monoisotopic (exact) mass is 531 g/mol. The van der Waals surface area contributed by atoms with Gasteiger partial charge in [-0.25, -0.2) is 9.48 Å². The number of phenols is 1. The lowest BCUT2D eigenvalue weighted by Crippen LogP contribution is -2.71. The fraction of sp³-hybridized carbons (Fsp3) is 0.286. The highest BCUT2D eigenvalue weighted by atomic mass is 32.2. The number of tetrazole rings is 1. The van der Waals surface area contributed by atoms with Gasteiger partial charge in [0.25, 0.3) is 11.8 Å². The molecule has 0 radical (unpaired) electrons. The van der Waals surface area contributed by atoms with Crippen LogP contribution in [0.4, 0.5) is 0 Å². The molecule has 2 amide bonds. The predicted octanol–water partition coefficient (Wildman–Crippen LogP) is 0.353. The Morgan fingerprint density at radius 1 is 1.44 bits per heavy atom. The van der Waals surface area contributed by atoms with E-state index in [1.54, 1.807) is 13.1 Å². The number of carboxylic acid groups (broad SMARTS) is 1. The molecule has 3 heterocycles. The summed E-state index contributed by atoms with van der Waals surface area (Å²) in [6, 6.07) is 4.90. The maximum Gasteiger partial charge on any atom is 0.352 e. The molecule has 0 bridgehead atoms. The number of aromatic hydroxyl groups is 1. The van der Waals surface area contributed by atoms with Gasteiger partial charge in [-0.2, -0.15) is 0 Å². The molecule has 2 aromatic rings. The van der Waals surface area contributed by atoms with E-state index in [1.165, 1.54) is 57.4 Å². The van der Waals surface area contributed by atoms with Crippen molar-refractivity contribution in [1.82, 2.24) is 30.4 Å². The quantitative estimate of drug-likeness (QED) is 0.0964. The zero-order valence-corrected chi connectivity index (χ0v) is 20.5. The summed E-state index contributed by atoms with van der Waals surface area (Å²) >= 11 is 2.60. The number of phenolic OH excluding ortho intramolecular Hbond substituents is 1. The molecular formula is C21H21N7O6S2. The lowest BCUT2D eigenvalue weighted by atomic mass is 10.0. The summed E-state index contributed by atoms with van der Waals surface area (Å²) in [6.45, 7) is 3.57. The minimum atomic E-state index is -1.23. The van der Waals surface area contributed by atoms with Gasteiger partial charge in [-0.05, 0) is 28.1 Å². The molecule has 1 unspecified atom stereocenters. The van der Waals surface area contributed by atoms with Crippen LogP contribution in [0, 0.1) is 0 Å². The second kappa shape index (κ2) is 10.8. The van der Waals surface area contributed by atoms with Crippen LogP contribution in [0.25, 0.3) is 0 Å². The average Bonchev–Trinajstić information content (AvgIpc) is 3.27.